The van der Waals surface area contributed by atoms with Gasteiger partial charge in [-0.1, -0.05) is 0 Å². The highest BCUT2D eigenvalue weighted by atomic mass is 19.4. The number of ether oxygens (including phenoxy) is 1. The van der Waals surface area contributed by atoms with E-state index < -0.39 is 11.9 Å². The maximum Gasteiger partial charge on any atom is 0.433 e. The van der Waals surface area contributed by atoms with Gasteiger partial charge in [0.05, 0.1) is 18.3 Å². The summed E-state index contributed by atoms with van der Waals surface area (Å²) in [6.07, 6.45) is -4.69. The Bertz CT molecular complexity index is 506. The molecule has 0 radical (unpaired) electrons. The molecule has 1 atom stereocenters. The lowest BCUT2D eigenvalue weighted by molar-refractivity contribution is -0.141. The van der Waals surface area contributed by atoms with Gasteiger partial charge < -0.3 is 15.4 Å². The predicted molar refractivity (Wildman–Crippen MR) is 65.1 cm³/mol. The average molecular weight is 286 g/mol. The number of halogens is 3. The molecule has 2 N–H and O–H groups in total. The Morgan fingerprint density at radius 1 is 1.50 bits per heavy atom. The molecule has 0 amide bonds. The Morgan fingerprint density at radius 3 is 2.90 bits per heavy atom. The molecular weight excluding hydrogens is 273 g/mol. The Balaban J connectivity index is 2.10. The second-order valence-corrected chi connectivity index (χ2v) is 4.28. The van der Waals surface area contributed by atoms with E-state index in [9.17, 15) is 13.2 Å². The van der Waals surface area contributed by atoms with Crippen molar-refractivity contribution < 1.29 is 17.9 Å². The molecule has 2 rings (SSSR count). The van der Waals surface area contributed by atoms with Crippen LogP contribution in [0.5, 0.6) is 0 Å². The number of rotatable bonds is 3. The normalized spacial score (nSPS) is 19.4. The number of pyridine rings is 1. The largest absolute Gasteiger partial charge is 0.433 e. The van der Waals surface area contributed by atoms with Gasteiger partial charge in [-0.3, -0.25) is 0 Å². The van der Waals surface area contributed by atoms with E-state index in [0.29, 0.717) is 13.2 Å². The van der Waals surface area contributed by atoms with Gasteiger partial charge in [0.25, 0.3) is 0 Å². The van der Waals surface area contributed by atoms with Crippen molar-refractivity contribution >= 4 is 5.82 Å². The van der Waals surface area contributed by atoms with Crippen LogP contribution < -0.4 is 10.6 Å². The molecule has 0 bridgehead atoms. The zero-order valence-corrected chi connectivity index (χ0v) is 10.5. The molecule has 2 heterocycles. The number of nitrogens with zero attached hydrogens (tertiary/aromatic N) is 2. The molecule has 0 spiro atoms. The third-order valence-electron chi connectivity index (χ3n) is 2.81. The number of anilines is 1. The van der Waals surface area contributed by atoms with E-state index in [-0.39, 0.29) is 24.0 Å². The molecule has 0 aliphatic carbocycles. The van der Waals surface area contributed by atoms with E-state index in [1.165, 1.54) is 0 Å². The van der Waals surface area contributed by atoms with Gasteiger partial charge in [-0.2, -0.15) is 18.4 Å². The molecule has 5 nitrogen and oxygen atoms in total. The summed E-state index contributed by atoms with van der Waals surface area (Å²) >= 11 is 0. The lowest BCUT2D eigenvalue weighted by Gasteiger charge is -2.24. The maximum atomic E-state index is 12.6. The van der Waals surface area contributed by atoms with Crippen molar-refractivity contribution in [2.75, 3.05) is 31.6 Å². The maximum absolute atomic E-state index is 12.6. The summed E-state index contributed by atoms with van der Waals surface area (Å²) in [5, 5.41) is 14.7. The SMILES string of the molecule is N#Cc1ccc(C(F)(F)F)nc1NCC1CNCCO1. The van der Waals surface area contributed by atoms with Crippen LogP contribution in [-0.2, 0) is 10.9 Å². The number of hydrogen-bond acceptors (Lipinski definition) is 5. The molecule has 1 aliphatic rings. The van der Waals surface area contributed by atoms with Crippen LogP contribution in [0.4, 0.5) is 19.0 Å². The summed E-state index contributed by atoms with van der Waals surface area (Å²) in [4.78, 5) is 3.46. The van der Waals surface area contributed by atoms with Gasteiger partial charge in [0.1, 0.15) is 17.6 Å². The van der Waals surface area contributed by atoms with Crippen molar-refractivity contribution in [2.45, 2.75) is 12.3 Å². The van der Waals surface area contributed by atoms with Crippen LogP contribution in [0.25, 0.3) is 0 Å². The van der Waals surface area contributed by atoms with Gasteiger partial charge in [0.2, 0.25) is 0 Å². The molecule has 1 aromatic heterocycles. The molecule has 0 aromatic carbocycles. The predicted octanol–water partition coefficient (Wildman–Crippen LogP) is 1.37. The van der Waals surface area contributed by atoms with Gasteiger partial charge in [-0.05, 0) is 12.1 Å². The number of morpholine rings is 1. The number of nitrogens with one attached hydrogen (secondary N) is 2. The number of hydrogen-bond donors (Lipinski definition) is 2. The summed E-state index contributed by atoms with van der Waals surface area (Å²) in [7, 11) is 0. The number of nitriles is 1. The topological polar surface area (TPSA) is 70.0 Å². The lowest BCUT2D eigenvalue weighted by atomic mass is 10.2. The lowest BCUT2D eigenvalue weighted by Crippen LogP contribution is -2.42. The molecular formula is C12H13F3N4O. The fourth-order valence-corrected chi connectivity index (χ4v) is 1.80. The fourth-order valence-electron chi connectivity index (χ4n) is 1.80. The van der Waals surface area contributed by atoms with E-state index in [0.717, 1.165) is 18.7 Å². The van der Waals surface area contributed by atoms with E-state index >= 15 is 0 Å². The van der Waals surface area contributed by atoms with Crippen LogP contribution in [0, 0.1) is 11.3 Å². The Hall–Kier alpha value is -1.85. The van der Waals surface area contributed by atoms with Gasteiger partial charge in [-0.15, -0.1) is 0 Å². The van der Waals surface area contributed by atoms with Gasteiger partial charge >= 0.3 is 6.18 Å². The molecule has 1 fully saturated rings. The van der Waals surface area contributed by atoms with Crippen molar-refractivity contribution in [1.82, 2.24) is 10.3 Å². The standard InChI is InChI=1S/C12H13F3N4O/c13-12(14,15)10-2-1-8(5-16)11(19-10)18-7-9-6-17-3-4-20-9/h1-2,9,17H,3-4,6-7H2,(H,18,19). The summed E-state index contributed by atoms with van der Waals surface area (Å²) in [5.74, 6) is -0.0727. The Morgan fingerprint density at radius 2 is 2.30 bits per heavy atom. The third kappa shape index (κ3) is 3.59. The molecule has 8 heteroatoms. The van der Waals surface area contributed by atoms with Gasteiger partial charge in [0.15, 0.2) is 0 Å². The van der Waals surface area contributed by atoms with Crippen molar-refractivity contribution in [1.29, 1.82) is 5.26 Å². The first-order valence-electron chi connectivity index (χ1n) is 6.05. The summed E-state index contributed by atoms with van der Waals surface area (Å²) < 4.78 is 43.2. The summed E-state index contributed by atoms with van der Waals surface area (Å²) in [6.45, 7) is 2.19. The zero-order chi connectivity index (χ0) is 14.6. The minimum atomic E-state index is -4.53. The van der Waals surface area contributed by atoms with E-state index in [1.54, 1.807) is 0 Å². The van der Waals surface area contributed by atoms with E-state index in [1.807, 2.05) is 6.07 Å². The number of alkyl halides is 3. The van der Waals surface area contributed by atoms with Crippen LogP contribution >= 0.6 is 0 Å². The van der Waals surface area contributed by atoms with Crippen molar-refractivity contribution in [2.24, 2.45) is 0 Å². The molecule has 0 saturated carbocycles. The van der Waals surface area contributed by atoms with Crippen LogP contribution in [0.2, 0.25) is 0 Å². The highest BCUT2D eigenvalue weighted by Crippen LogP contribution is 2.29. The highest BCUT2D eigenvalue weighted by molar-refractivity contribution is 5.52. The highest BCUT2D eigenvalue weighted by Gasteiger charge is 2.33. The first-order chi connectivity index (χ1) is 9.50. The summed E-state index contributed by atoms with van der Waals surface area (Å²) in [6, 6.07) is 3.72. The van der Waals surface area contributed by atoms with Crippen LogP contribution in [0.1, 0.15) is 11.3 Å². The Kier molecular flexibility index (Phi) is 4.42. The summed E-state index contributed by atoms with van der Waals surface area (Å²) in [5.41, 5.74) is -0.955. The molecule has 20 heavy (non-hydrogen) atoms. The number of aromatic nitrogens is 1. The van der Waals surface area contributed by atoms with Crippen LogP contribution in [0.3, 0.4) is 0 Å². The monoisotopic (exact) mass is 286 g/mol. The second-order valence-electron chi connectivity index (χ2n) is 4.28. The molecule has 1 unspecified atom stereocenters. The molecule has 1 aliphatic heterocycles. The van der Waals surface area contributed by atoms with Crippen molar-refractivity contribution in [3.63, 3.8) is 0 Å². The smallest absolute Gasteiger partial charge is 0.374 e. The molecule has 108 valence electrons. The molecule has 1 saturated heterocycles. The first kappa shape index (κ1) is 14.6. The van der Waals surface area contributed by atoms with Gasteiger partial charge in [-0.25, -0.2) is 4.98 Å². The third-order valence-corrected chi connectivity index (χ3v) is 2.81. The van der Waals surface area contributed by atoms with Crippen LogP contribution in [0.15, 0.2) is 12.1 Å². The minimum absolute atomic E-state index is 0.0711. The zero-order valence-electron chi connectivity index (χ0n) is 10.5. The average Bonchev–Trinajstić information content (AvgIpc) is 2.45. The fraction of sp³-hybridized carbons (Fsp3) is 0.500. The van der Waals surface area contributed by atoms with E-state index in [2.05, 4.69) is 15.6 Å². The van der Waals surface area contributed by atoms with Crippen molar-refractivity contribution in [3.8, 4) is 6.07 Å². The van der Waals surface area contributed by atoms with Crippen molar-refractivity contribution in [3.05, 3.63) is 23.4 Å². The first-order valence-corrected chi connectivity index (χ1v) is 6.05. The van der Waals surface area contributed by atoms with Crippen LogP contribution in [-0.4, -0.2) is 37.3 Å². The van der Waals surface area contributed by atoms with E-state index in [4.69, 9.17) is 10.00 Å². The second kappa shape index (κ2) is 6.07. The quantitative estimate of drug-likeness (QED) is 0.878. The minimum Gasteiger partial charge on any atom is -0.374 e. The molecule has 1 aromatic rings. The van der Waals surface area contributed by atoms with Gasteiger partial charge in [0, 0.05) is 19.6 Å². The Labute approximate surface area is 113 Å².